The Kier molecular flexibility index (Phi) is 9.95. The summed E-state index contributed by atoms with van der Waals surface area (Å²) in [6.45, 7) is 12.5. The summed E-state index contributed by atoms with van der Waals surface area (Å²) in [5.41, 5.74) is 0.284. The van der Waals surface area contributed by atoms with E-state index < -0.39 is 0 Å². The normalized spacial score (nSPS) is 36.5. The van der Waals surface area contributed by atoms with Crippen molar-refractivity contribution in [3.8, 4) is 0 Å². The number of amides is 1. The molecule has 2 aliphatic carbocycles. The maximum atomic E-state index is 13.3. The third kappa shape index (κ3) is 6.86. The van der Waals surface area contributed by atoms with Crippen LogP contribution < -0.4 is 5.32 Å². The van der Waals surface area contributed by atoms with Crippen LogP contribution in [0.2, 0.25) is 0 Å². The van der Waals surface area contributed by atoms with Gasteiger partial charge in [-0.15, -0.1) is 11.6 Å². The Bertz CT molecular complexity index is 620. The van der Waals surface area contributed by atoms with Crippen molar-refractivity contribution in [2.45, 2.75) is 96.6 Å². The molecule has 4 unspecified atom stereocenters. The van der Waals surface area contributed by atoms with Gasteiger partial charge in [-0.25, -0.2) is 0 Å². The second kappa shape index (κ2) is 12.1. The number of likely N-dealkylation sites (tertiary alicyclic amines) is 1. The van der Waals surface area contributed by atoms with Gasteiger partial charge in [-0.3, -0.25) is 4.79 Å². The highest BCUT2D eigenvalue weighted by Gasteiger charge is 2.42. The van der Waals surface area contributed by atoms with Gasteiger partial charge in [0.2, 0.25) is 5.91 Å². The number of nitrogens with zero attached hydrogens (tertiary/aromatic N) is 1. The molecule has 6 heteroatoms. The molecule has 0 aromatic carbocycles. The molecule has 3 fully saturated rings. The maximum absolute atomic E-state index is 13.3. The number of methoxy groups -OCH3 is 1. The van der Waals surface area contributed by atoms with Gasteiger partial charge < -0.3 is 20.1 Å². The van der Waals surface area contributed by atoms with Crippen LogP contribution in [0.5, 0.6) is 0 Å². The highest BCUT2D eigenvalue weighted by atomic mass is 35.5. The number of rotatable bonds is 8. The first kappa shape index (κ1) is 27.2. The molecule has 5 nitrogen and oxygen atoms in total. The number of nitrogens with one attached hydrogen (secondary N) is 1. The van der Waals surface area contributed by atoms with E-state index in [2.05, 4.69) is 37.9 Å². The maximum Gasteiger partial charge on any atom is 0.226 e. The lowest BCUT2D eigenvalue weighted by Gasteiger charge is -2.49. The molecule has 2 N–H and O–H groups in total. The van der Waals surface area contributed by atoms with E-state index in [0.717, 1.165) is 50.7 Å². The molecule has 0 radical (unpaired) electrons. The summed E-state index contributed by atoms with van der Waals surface area (Å²) in [6.07, 6.45) is 8.72. The molecule has 3 aliphatic rings. The summed E-state index contributed by atoms with van der Waals surface area (Å²) >= 11 is 6.37. The van der Waals surface area contributed by atoms with Gasteiger partial charge in [-0.2, -0.15) is 0 Å². The van der Waals surface area contributed by atoms with Crippen LogP contribution in [0.1, 0.15) is 79.1 Å². The Labute approximate surface area is 207 Å². The van der Waals surface area contributed by atoms with Crippen molar-refractivity contribution in [1.29, 1.82) is 0 Å². The van der Waals surface area contributed by atoms with Crippen molar-refractivity contribution < 1.29 is 14.6 Å². The zero-order valence-electron chi connectivity index (χ0n) is 21.7. The molecule has 0 spiro atoms. The van der Waals surface area contributed by atoms with Crippen molar-refractivity contribution in [2.75, 3.05) is 33.4 Å². The van der Waals surface area contributed by atoms with Gasteiger partial charge in [-0.05, 0) is 74.7 Å². The lowest BCUT2D eigenvalue weighted by atomic mass is 9.64. The molecule has 2 saturated carbocycles. The smallest absolute Gasteiger partial charge is 0.226 e. The monoisotopic (exact) mass is 484 g/mol. The molecular formula is C27H49ClN2O3. The fourth-order valence-corrected chi connectivity index (χ4v) is 7.33. The van der Waals surface area contributed by atoms with Gasteiger partial charge in [0.15, 0.2) is 0 Å². The molecule has 0 bridgehead atoms. The number of piperidine rings is 1. The predicted molar refractivity (Wildman–Crippen MR) is 135 cm³/mol. The van der Waals surface area contributed by atoms with E-state index in [9.17, 15) is 9.90 Å². The summed E-state index contributed by atoms with van der Waals surface area (Å²) in [5, 5.41) is 13.5. The number of aliphatic hydroxyl groups is 1. The minimum Gasteiger partial charge on any atom is -0.396 e. The highest BCUT2D eigenvalue weighted by Crippen LogP contribution is 2.45. The standard InChI is InChI=1S/C27H49ClN2O3/c1-18(2)24(29-26(32)22-8-6-7-20(16-31)25(22)33-5)15-30-14-13-23(27(3,4)17-30)19-9-11-21(28)12-10-19/h18-25,31H,6-17H2,1-5H3,(H,29,32)/t19?,20?,21?,22?,23?,24-,25?/m0/s1. The predicted octanol–water partition coefficient (Wildman–Crippen LogP) is 4.70. The van der Waals surface area contributed by atoms with E-state index in [-0.39, 0.29) is 41.9 Å². The zero-order valence-corrected chi connectivity index (χ0v) is 22.4. The quantitative estimate of drug-likeness (QED) is 0.490. The Balaban J connectivity index is 1.58. The van der Waals surface area contributed by atoms with Gasteiger partial charge in [-0.1, -0.05) is 34.1 Å². The average Bonchev–Trinajstić information content (AvgIpc) is 2.78. The zero-order chi connectivity index (χ0) is 24.2. The van der Waals surface area contributed by atoms with Crippen LogP contribution in [0.25, 0.3) is 0 Å². The van der Waals surface area contributed by atoms with Crippen molar-refractivity contribution in [1.82, 2.24) is 10.2 Å². The van der Waals surface area contributed by atoms with Crippen molar-refractivity contribution in [3.63, 3.8) is 0 Å². The molecule has 1 saturated heterocycles. The number of alkyl halides is 1. The summed E-state index contributed by atoms with van der Waals surface area (Å²) < 4.78 is 5.68. The lowest BCUT2D eigenvalue weighted by molar-refractivity contribution is -0.136. The van der Waals surface area contributed by atoms with Gasteiger partial charge in [0, 0.05) is 44.1 Å². The number of carbonyl (C=O) groups is 1. The van der Waals surface area contributed by atoms with Crippen LogP contribution in [-0.2, 0) is 9.53 Å². The average molecular weight is 485 g/mol. The van der Waals surface area contributed by atoms with Crippen LogP contribution in [0.3, 0.4) is 0 Å². The summed E-state index contributed by atoms with van der Waals surface area (Å²) in [5.74, 6) is 1.95. The van der Waals surface area contributed by atoms with E-state index in [4.69, 9.17) is 16.3 Å². The SMILES string of the molecule is COC1C(CO)CCCC1C(=O)N[C@@H](CN1CCC(C2CCC(Cl)CC2)C(C)(C)C1)C(C)C. The van der Waals surface area contributed by atoms with Gasteiger partial charge in [0.1, 0.15) is 0 Å². The van der Waals surface area contributed by atoms with Gasteiger partial charge >= 0.3 is 0 Å². The Hall–Kier alpha value is -0.360. The fourth-order valence-electron chi connectivity index (χ4n) is 7.08. The van der Waals surface area contributed by atoms with Crippen LogP contribution >= 0.6 is 11.6 Å². The number of aliphatic hydroxyl groups excluding tert-OH is 1. The van der Waals surface area contributed by atoms with E-state index in [1.807, 2.05) is 0 Å². The van der Waals surface area contributed by atoms with E-state index in [0.29, 0.717) is 11.3 Å². The molecule has 1 amide bonds. The van der Waals surface area contributed by atoms with Crippen LogP contribution in [0, 0.1) is 35.0 Å². The van der Waals surface area contributed by atoms with Crippen molar-refractivity contribution in [3.05, 3.63) is 0 Å². The van der Waals surface area contributed by atoms with E-state index in [1.54, 1.807) is 7.11 Å². The topological polar surface area (TPSA) is 61.8 Å². The minimum absolute atomic E-state index is 0.0608. The minimum atomic E-state index is -0.186. The first-order chi connectivity index (χ1) is 15.7. The largest absolute Gasteiger partial charge is 0.396 e. The molecular weight excluding hydrogens is 436 g/mol. The number of carbonyl (C=O) groups excluding carboxylic acids is 1. The number of ether oxygens (including phenoxy) is 1. The number of hydrogen-bond acceptors (Lipinski definition) is 4. The van der Waals surface area contributed by atoms with Crippen LogP contribution in [-0.4, -0.2) is 66.8 Å². The third-order valence-corrected chi connectivity index (χ3v) is 9.48. The first-order valence-corrected chi connectivity index (χ1v) is 13.9. The fraction of sp³-hybridized carbons (Fsp3) is 0.963. The molecule has 0 aromatic heterocycles. The Morgan fingerprint density at radius 3 is 2.42 bits per heavy atom. The van der Waals surface area contributed by atoms with E-state index >= 15 is 0 Å². The summed E-state index contributed by atoms with van der Waals surface area (Å²) in [7, 11) is 1.67. The second-order valence-electron chi connectivity index (χ2n) is 12.2. The molecule has 192 valence electrons. The lowest BCUT2D eigenvalue weighted by Crippen LogP contribution is -2.55. The van der Waals surface area contributed by atoms with Crippen LogP contribution in [0.4, 0.5) is 0 Å². The highest BCUT2D eigenvalue weighted by molar-refractivity contribution is 6.20. The number of halogens is 1. The first-order valence-electron chi connectivity index (χ1n) is 13.5. The molecule has 33 heavy (non-hydrogen) atoms. The second-order valence-corrected chi connectivity index (χ2v) is 12.8. The molecule has 5 atom stereocenters. The molecule has 3 rings (SSSR count). The third-order valence-electron chi connectivity index (χ3n) is 9.04. The Morgan fingerprint density at radius 2 is 1.85 bits per heavy atom. The van der Waals surface area contributed by atoms with E-state index in [1.165, 1.54) is 32.1 Å². The molecule has 0 aromatic rings. The summed E-state index contributed by atoms with van der Waals surface area (Å²) in [6, 6.07) is 0.128. The van der Waals surface area contributed by atoms with Gasteiger partial charge in [0.25, 0.3) is 0 Å². The van der Waals surface area contributed by atoms with Crippen molar-refractivity contribution >= 4 is 17.5 Å². The van der Waals surface area contributed by atoms with Gasteiger partial charge in [0.05, 0.1) is 12.0 Å². The molecule has 1 heterocycles. The number of hydrogen-bond donors (Lipinski definition) is 2. The Morgan fingerprint density at radius 1 is 1.15 bits per heavy atom. The summed E-state index contributed by atoms with van der Waals surface area (Å²) in [4.78, 5) is 15.9. The van der Waals surface area contributed by atoms with Crippen LogP contribution in [0.15, 0.2) is 0 Å². The van der Waals surface area contributed by atoms with Crippen molar-refractivity contribution in [2.24, 2.45) is 35.0 Å². The molecule has 1 aliphatic heterocycles.